The molecule has 2 aromatic carbocycles. The van der Waals surface area contributed by atoms with Crippen LogP contribution >= 0.6 is 11.8 Å². The second-order valence-electron chi connectivity index (χ2n) is 7.01. The minimum absolute atomic E-state index is 0.0617. The summed E-state index contributed by atoms with van der Waals surface area (Å²) in [5, 5.41) is -0.201. The number of amidine groups is 1. The summed E-state index contributed by atoms with van der Waals surface area (Å²) in [7, 11) is 0. The van der Waals surface area contributed by atoms with Crippen LogP contribution in [0.15, 0.2) is 59.6 Å². The first kappa shape index (κ1) is 22.6. The highest BCUT2D eigenvalue weighted by Gasteiger charge is 2.34. The average molecular weight is 440 g/mol. The Labute approximate surface area is 185 Å². The zero-order valence-corrected chi connectivity index (χ0v) is 18.1. The molecular formula is C23H25N3O4S. The third-order valence-electron chi connectivity index (χ3n) is 4.75. The van der Waals surface area contributed by atoms with Gasteiger partial charge >= 0.3 is 5.97 Å². The van der Waals surface area contributed by atoms with E-state index in [0.717, 1.165) is 12.8 Å². The number of rotatable bonds is 8. The molecule has 0 saturated carbocycles. The quantitative estimate of drug-likeness (QED) is 0.636. The maximum absolute atomic E-state index is 12.7. The van der Waals surface area contributed by atoms with Gasteiger partial charge in [0.2, 0.25) is 11.8 Å². The number of esters is 1. The largest absolute Gasteiger partial charge is 0.462 e. The van der Waals surface area contributed by atoms with Crippen LogP contribution in [0.2, 0.25) is 0 Å². The maximum Gasteiger partial charge on any atom is 0.338 e. The first-order valence-corrected chi connectivity index (χ1v) is 11.0. The van der Waals surface area contributed by atoms with Crippen LogP contribution in [-0.2, 0) is 20.7 Å². The van der Waals surface area contributed by atoms with Crippen molar-refractivity contribution in [1.29, 1.82) is 0 Å². The third-order valence-corrected chi connectivity index (χ3v) is 5.96. The monoisotopic (exact) mass is 439 g/mol. The molecule has 0 aromatic heterocycles. The van der Waals surface area contributed by atoms with Crippen molar-refractivity contribution in [3.8, 4) is 0 Å². The summed E-state index contributed by atoms with van der Waals surface area (Å²) in [6.07, 6.45) is 1.65. The number of hydrogen-bond donors (Lipinski definition) is 1. The molecule has 2 amide bonds. The van der Waals surface area contributed by atoms with Crippen LogP contribution < -0.4 is 5.73 Å². The highest BCUT2D eigenvalue weighted by atomic mass is 32.2. The lowest BCUT2D eigenvalue weighted by Gasteiger charge is -2.31. The SMILES string of the molecule is CCOC(=O)c1ccc(N=C2S[C@H](C(N)=O)CC(=O)N2CCCc2ccccc2)cc1. The summed E-state index contributed by atoms with van der Waals surface area (Å²) >= 11 is 1.20. The minimum Gasteiger partial charge on any atom is -0.462 e. The lowest BCUT2D eigenvalue weighted by atomic mass is 10.1. The Morgan fingerprint density at radius 2 is 1.87 bits per heavy atom. The number of aliphatic imine (C=N–C) groups is 1. The van der Waals surface area contributed by atoms with Crippen molar-refractivity contribution in [1.82, 2.24) is 4.90 Å². The van der Waals surface area contributed by atoms with Gasteiger partial charge in [-0.1, -0.05) is 42.1 Å². The summed E-state index contributed by atoms with van der Waals surface area (Å²) in [6, 6.07) is 16.7. The van der Waals surface area contributed by atoms with Crippen molar-refractivity contribution in [2.24, 2.45) is 10.7 Å². The van der Waals surface area contributed by atoms with Gasteiger partial charge < -0.3 is 10.5 Å². The summed E-state index contributed by atoms with van der Waals surface area (Å²) in [4.78, 5) is 42.5. The fourth-order valence-corrected chi connectivity index (χ4v) is 4.23. The molecule has 31 heavy (non-hydrogen) atoms. The molecule has 0 unspecified atom stereocenters. The maximum atomic E-state index is 12.7. The van der Waals surface area contributed by atoms with Crippen molar-refractivity contribution < 1.29 is 19.1 Å². The molecule has 0 aliphatic carbocycles. The molecule has 0 bridgehead atoms. The molecule has 7 nitrogen and oxygen atoms in total. The highest BCUT2D eigenvalue weighted by Crippen LogP contribution is 2.29. The number of nitrogens with zero attached hydrogens (tertiary/aromatic N) is 2. The van der Waals surface area contributed by atoms with E-state index in [9.17, 15) is 14.4 Å². The van der Waals surface area contributed by atoms with Gasteiger partial charge in [-0.25, -0.2) is 9.79 Å². The van der Waals surface area contributed by atoms with Gasteiger partial charge in [0, 0.05) is 13.0 Å². The Balaban J connectivity index is 1.76. The Morgan fingerprint density at radius 1 is 1.16 bits per heavy atom. The number of carbonyl (C=O) groups excluding carboxylic acids is 3. The van der Waals surface area contributed by atoms with E-state index in [1.165, 1.54) is 17.3 Å². The third kappa shape index (κ3) is 6.18. The Kier molecular flexibility index (Phi) is 7.83. The fraction of sp³-hybridized carbons (Fsp3) is 0.304. The minimum atomic E-state index is -0.643. The number of ether oxygens (including phenoxy) is 1. The smallest absolute Gasteiger partial charge is 0.338 e. The van der Waals surface area contributed by atoms with Gasteiger partial charge in [-0.2, -0.15) is 0 Å². The predicted octanol–water partition coefficient (Wildman–Crippen LogP) is 3.30. The summed E-state index contributed by atoms with van der Waals surface area (Å²) in [6.45, 7) is 2.54. The summed E-state index contributed by atoms with van der Waals surface area (Å²) in [5.74, 6) is -1.11. The second-order valence-corrected chi connectivity index (χ2v) is 8.18. The van der Waals surface area contributed by atoms with Gasteiger partial charge in [0.15, 0.2) is 5.17 Å². The number of carbonyl (C=O) groups is 3. The van der Waals surface area contributed by atoms with E-state index in [-0.39, 0.29) is 12.3 Å². The first-order valence-electron chi connectivity index (χ1n) is 10.1. The van der Waals surface area contributed by atoms with Crippen molar-refractivity contribution in [3.63, 3.8) is 0 Å². The lowest BCUT2D eigenvalue weighted by molar-refractivity contribution is -0.129. The van der Waals surface area contributed by atoms with E-state index in [0.29, 0.717) is 29.6 Å². The number of nitrogens with two attached hydrogens (primary N) is 1. The highest BCUT2D eigenvalue weighted by molar-refractivity contribution is 8.15. The molecule has 2 N–H and O–H groups in total. The number of benzene rings is 2. The molecule has 0 spiro atoms. The Bertz CT molecular complexity index is 961. The van der Waals surface area contributed by atoms with E-state index in [1.807, 2.05) is 18.2 Å². The molecule has 8 heteroatoms. The van der Waals surface area contributed by atoms with Gasteiger partial charge in [-0.05, 0) is 49.6 Å². The predicted molar refractivity (Wildman–Crippen MR) is 121 cm³/mol. The van der Waals surface area contributed by atoms with E-state index >= 15 is 0 Å². The molecule has 1 aliphatic heterocycles. The molecule has 1 saturated heterocycles. The normalized spacial score (nSPS) is 17.6. The van der Waals surface area contributed by atoms with Crippen LogP contribution in [0, 0.1) is 0 Å². The zero-order chi connectivity index (χ0) is 22.2. The lowest BCUT2D eigenvalue weighted by Crippen LogP contribution is -2.46. The van der Waals surface area contributed by atoms with Crippen molar-refractivity contribution >= 4 is 40.4 Å². The van der Waals surface area contributed by atoms with Crippen molar-refractivity contribution in [3.05, 3.63) is 65.7 Å². The van der Waals surface area contributed by atoms with E-state index in [2.05, 4.69) is 17.1 Å². The summed E-state index contributed by atoms with van der Waals surface area (Å²) in [5.41, 5.74) is 7.64. The summed E-state index contributed by atoms with van der Waals surface area (Å²) < 4.78 is 4.99. The van der Waals surface area contributed by atoms with Crippen LogP contribution in [0.5, 0.6) is 0 Å². The van der Waals surface area contributed by atoms with Crippen LogP contribution in [0.3, 0.4) is 0 Å². The molecule has 1 heterocycles. The fourth-order valence-electron chi connectivity index (χ4n) is 3.16. The van der Waals surface area contributed by atoms with Gasteiger partial charge in [-0.3, -0.25) is 14.5 Å². The number of hydrogen-bond acceptors (Lipinski definition) is 6. The number of aryl methyl sites for hydroxylation is 1. The van der Waals surface area contributed by atoms with E-state index in [1.54, 1.807) is 36.1 Å². The van der Waals surface area contributed by atoms with Crippen molar-refractivity contribution in [2.75, 3.05) is 13.2 Å². The van der Waals surface area contributed by atoms with Crippen LogP contribution in [0.25, 0.3) is 0 Å². The first-order chi connectivity index (χ1) is 15.0. The van der Waals surface area contributed by atoms with Crippen molar-refractivity contribution in [2.45, 2.75) is 31.4 Å². The van der Waals surface area contributed by atoms with E-state index in [4.69, 9.17) is 10.5 Å². The van der Waals surface area contributed by atoms with Crippen LogP contribution in [0.1, 0.15) is 35.7 Å². The zero-order valence-electron chi connectivity index (χ0n) is 17.3. The molecule has 0 radical (unpaired) electrons. The second kappa shape index (κ2) is 10.8. The average Bonchev–Trinajstić information content (AvgIpc) is 2.76. The van der Waals surface area contributed by atoms with Crippen LogP contribution in [-0.4, -0.2) is 46.3 Å². The van der Waals surface area contributed by atoms with E-state index < -0.39 is 17.1 Å². The Hall–Kier alpha value is -3.13. The molecule has 1 fully saturated rings. The molecule has 2 aromatic rings. The van der Waals surface area contributed by atoms with Gasteiger partial charge in [0.25, 0.3) is 0 Å². The number of thioether (sulfide) groups is 1. The molecule has 1 atom stereocenters. The standard InChI is InChI=1S/C23H25N3O4S/c1-2-30-22(29)17-10-12-18(13-11-17)25-23-26(20(27)15-19(31-23)21(24)28)14-6-9-16-7-4-3-5-8-16/h3-5,7-8,10-13,19H,2,6,9,14-15H2,1H3,(H2,24,28)/t19-/m0/s1. The molecule has 162 valence electrons. The van der Waals surface area contributed by atoms with Gasteiger partial charge in [0.1, 0.15) is 0 Å². The van der Waals surface area contributed by atoms with Gasteiger partial charge in [-0.15, -0.1) is 0 Å². The number of primary amides is 1. The molecule has 1 aliphatic rings. The van der Waals surface area contributed by atoms with Crippen LogP contribution in [0.4, 0.5) is 5.69 Å². The molecule has 3 rings (SSSR count). The Morgan fingerprint density at radius 3 is 2.52 bits per heavy atom. The number of amides is 2. The molecular weight excluding hydrogens is 414 g/mol. The topological polar surface area (TPSA) is 102 Å². The van der Waals surface area contributed by atoms with Gasteiger partial charge in [0.05, 0.1) is 23.1 Å².